The van der Waals surface area contributed by atoms with Crippen LogP contribution >= 0.6 is 0 Å². The summed E-state index contributed by atoms with van der Waals surface area (Å²) in [6.07, 6.45) is 4.47. The normalized spacial score (nSPS) is 9.47. The van der Waals surface area contributed by atoms with Crippen LogP contribution in [0.15, 0.2) is 29.3 Å². The molecule has 0 aliphatic heterocycles. The van der Waals surface area contributed by atoms with Crippen molar-refractivity contribution < 1.29 is 14.3 Å². The molecule has 0 radical (unpaired) electrons. The summed E-state index contributed by atoms with van der Waals surface area (Å²) in [7, 11) is 0. The molecule has 0 bridgehead atoms. The van der Waals surface area contributed by atoms with Gasteiger partial charge in [-0.15, -0.1) is 0 Å². The quantitative estimate of drug-likeness (QED) is 0.328. The van der Waals surface area contributed by atoms with Crippen LogP contribution in [0.25, 0.3) is 0 Å². The van der Waals surface area contributed by atoms with E-state index < -0.39 is 0 Å². The van der Waals surface area contributed by atoms with Crippen LogP contribution in [0.2, 0.25) is 0 Å². The summed E-state index contributed by atoms with van der Waals surface area (Å²) in [4.78, 5) is 25.0. The Labute approximate surface area is 100 Å². The number of ether oxygens (including phenoxy) is 1. The summed E-state index contributed by atoms with van der Waals surface area (Å²) in [5.41, 5.74) is 0.939. The predicted molar refractivity (Wildman–Crippen MR) is 64.0 cm³/mol. The standard InChI is InChI=1S/C13H15NO3/c1-2-3-4-9-17-13(16)11-5-7-12(8-6-11)14-10-15/h5-8H,2-4,9H2,1H3. The van der Waals surface area contributed by atoms with E-state index in [0.717, 1.165) is 19.3 Å². The van der Waals surface area contributed by atoms with Gasteiger partial charge in [0.2, 0.25) is 6.08 Å². The fraction of sp³-hybridized carbons (Fsp3) is 0.385. The molecule has 1 aromatic carbocycles. The molecule has 0 saturated heterocycles. The molecule has 90 valence electrons. The summed E-state index contributed by atoms with van der Waals surface area (Å²) in [5.74, 6) is -0.345. The van der Waals surface area contributed by atoms with E-state index in [0.29, 0.717) is 17.9 Å². The van der Waals surface area contributed by atoms with Crippen molar-refractivity contribution >= 4 is 17.7 Å². The molecule has 0 amide bonds. The maximum absolute atomic E-state index is 11.5. The fourth-order valence-electron chi connectivity index (χ4n) is 1.33. The van der Waals surface area contributed by atoms with Crippen molar-refractivity contribution in [3.05, 3.63) is 29.8 Å². The van der Waals surface area contributed by atoms with Crippen molar-refractivity contribution in [1.29, 1.82) is 0 Å². The molecule has 0 spiro atoms. The number of rotatable bonds is 6. The van der Waals surface area contributed by atoms with E-state index in [2.05, 4.69) is 11.9 Å². The Kier molecular flexibility index (Phi) is 5.69. The Balaban J connectivity index is 2.49. The molecule has 4 heteroatoms. The van der Waals surface area contributed by atoms with E-state index in [1.165, 1.54) is 6.08 Å². The van der Waals surface area contributed by atoms with E-state index in [-0.39, 0.29) is 5.97 Å². The molecule has 0 aliphatic carbocycles. The van der Waals surface area contributed by atoms with Gasteiger partial charge < -0.3 is 4.74 Å². The van der Waals surface area contributed by atoms with Gasteiger partial charge in [0.05, 0.1) is 17.9 Å². The second-order valence-electron chi connectivity index (χ2n) is 3.59. The highest BCUT2D eigenvalue weighted by atomic mass is 16.5. The fourth-order valence-corrected chi connectivity index (χ4v) is 1.33. The number of hydrogen-bond donors (Lipinski definition) is 0. The van der Waals surface area contributed by atoms with Crippen LogP contribution in [0.5, 0.6) is 0 Å². The lowest BCUT2D eigenvalue weighted by Crippen LogP contribution is -2.06. The smallest absolute Gasteiger partial charge is 0.338 e. The van der Waals surface area contributed by atoms with Crippen molar-refractivity contribution in [2.24, 2.45) is 4.99 Å². The average Bonchev–Trinajstić information content (AvgIpc) is 2.36. The minimum absolute atomic E-state index is 0.345. The van der Waals surface area contributed by atoms with Gasteiger partial charge in [-0.2, -0.15) is 4.99 Å². The van der Waals surface area contributed by atoms with Crippen molar-refractivity contribution in [2.75, 3.05) is 6.61 Å². The molecule has 4 nitrogen and oxygen atoms in total. The van der Waals surface area contributed by atoms with Gasteiger partial charge in [0.1, 0.15) is 0 Å². The first kappa shape index (κ1) is 13.1. The Morgan fingerprint density at radius 3 is 2.59 bits per heavy atom. The third-order valence-corrected chi connectivity index (χ3v) is 2.26. The monoisotopic (exact) mass is 233 g/mol. The van der Waals surface area contributed by atoms with Gasteiger partial charge in [-0.3, -0.25) is 0 Å². The first-order chi connectivity index (χ1) is 8.27. The average molecular weight is 233 g/mol. The first-order valence-corrected chi connectivity index (χ1v) is 5.63. The van der Waals surface area contributed by atoms with Gasteiger partial charge >= 0.3 is 5.97 Å². The van der Waals surface area contributed by atoms with E-state index in [1.807, 2.05) is 0 Å². The third-order valence-electron chi connectivity index (χ3n) is 2.26. The highest BCUT2D eigenvalue weighted by Crippen LogP contribution is 2.13. The second-order valence-corrected chi connectivity index (χ2v) is 3.59. The maximum atomic E-state index is 11.5. The Hall–Kier alpha value is -1.93. The van der Waals surface area contributed by atoms with Gasteiger partial charge in [0.25, 0.3) is 0 Å². The maximum Gasteiger partial charge on any atom is 0.338 e. The number of nitrogens with zero attached hydrogens (tertiary/aromatic N) is 1. The molecule has 0 atom stereocenters. The molecule has 0 aliphatic rings. The Bertz CT molecular complexity index is 405. The SMILES string of the molecule is CCCCCOC(=O)c1ccc(N=C=O)cc1. The summed E-state index contributed by atoms with van der Waals surface area (Å²) in [5, 5.41) is 0. The van der Waals surface area contributed by atoms with Gasteiger partial charge in [-0.25, -0.2) is 9.59 Å². The van der Waals surface area contributed by atoms with E-state index in [4.69, 9.17) is 4.74 Å². The molecule has 1 aromatic rings. The second kappa shape index (κ2) is 7.36. The first-order valence-electron chi connectivity index (χ1n) is 5.63. The lowest BCUT2D eigenvalue weighted by molar-refractivity contribution is 0.0498. The van der Waals surface area contributed by atoms with Crippen LogP contribution < -0.4 is 0 Å². The summed E-state index contributed by atoms with van der Waals surface area (Å²) >= 11 is 0. The van der Waals surface area contributed by atoms with Crippen molar-refractivity contribution in [1.82, 2.24) is 0 Å². The molecule has 17 heavy (non-hydrogen) atoms. The van der Waals surface area contributed by atoms with E-state index >= 15 is 0 Å². The molecule has 0 unspecified atom stereocenters. The summed E-state index contributed by atoms with van der Waals surface area (Å²) in [6.45, 7) is 2.54. The van der Waals surface area contributed by atoms with Crippen molar-refractivity contribution in [2.45, 2.75) is 26.2 Å². The Morgan fingerprint density at radius 1 is 1.29 bits per heavy atom. The number of esters is 1. The van der Waals surface area contributed by atoms with Crippen LogP contribution in [0, 0.1) is 0 Å². The van der Waals surface area contributed by atoms with Gasteiger partial charge in [0.15, 0.2) is 0 Å². The minimum Gasteiger partial charge on any atom is -0.462 e. The zero-order chi connectivity index (χ0) is 12.5. The molecule has 0 heterocycles. The van der Waals surface area contributed by atoms with Crippen LogP contribution in [0.4, 0.5) is 5.69 Å². The number of aliphatic imine (C=N–C) groups is 1. The number of benzene rings is 1. The molecule has 1 rings (SSSR count). The van der Waals surface area contributed by atoms with Crippen molar-refractivity contribution in [3.8, 4) is 0 Å². The summed E-state index contributed by atoms with van der Waals surface area (Å²) < 4.78 is 5.08. The zero-order valence-corrected chi connectivity index (χ0v) is 9.81. The van der Waals surface area contributed by atoms with E-state index in [1.54, 1.807) is 24.3 Å². The molecule has 0 N–H and O–H groups in total. The molecule has 0 fully saturated rings. The van der Waals surface area contributed by atoms with Gasteiger partial charge in [-0.05, 0) is 30.7 Å². The number of carbonyl (C=O) groups excluding carboxylic acids is 2. The lowest BCUT2D eigenvalue weighted by atomic mass is 10.2. The molecular weight excluding hydrogens is 218 g/mol. The molecule has 0 aromatic heterocycles. The summed E-state index contributed by atoms with van der Waals surface area (Å²) in [6, 6.07) is 6.32. The number of hydrogen-bond acceptors (Lipinski definition) is 4. The number of unbranched alkanes of at least 4 members (excludes halogenated alkanes) is 2. The minimum atomic E-state index is -0.345. The Morgan fingerprint density at radius 2 is 2.00 bits per heavy atom. The predicted octanol–water partition coefficient (Wildman–Crippen LogP) is 3.00. The van der Waals surface area contributed by atoms with Gasteiger partial charge in [-0.1, -0.05) is 19.8 Å². The van der Waals surface area contributed by atoms with Crippen molar-refractivity contribution in [3.63, 3.8) is 0 Å². The molecular formula is C13H15NO3. The van der Waals surface area contributed by atoms with Crippen LogP contribution in [-0.4, -0.2) is 18.7 Å². The van der Waals surface area contributed by atoms with Crippen LogP contribution in [0.1, 0.15) is 36.5 Å². The zero-order valence-electron chi connectivity index (χ0n) is 9.81. The van der Waals surface area contributed by atoms with E-state index in [9.17, 15) is 9.59 Å². The lowest BCUT2D eigenvalue weighted by Gasteiger charge is -2.04. The third kappa shape index (κ3) is 4.62. The van der Waals surface area contributed by atoms with Crippen LogP contribution in [0.3, 0.4) is 0 Å². The van der Waals surface area contributed by atoms with Crippen LogP contribution in [-0.2, 0) is 9.53 Å². The highest BCUT2D eigenvalue weighted by molar-refractivity contribution is 5.89. The van der Waals surface area contributed by atoms with Gasteiger partial charge in [0, 0.05) is 0 Å². The molecule has 0 saturated carbocycles. The number of carbonyl (C=O) groups is 1. The number of isocyanates is 1. The highest BCUT2D eigenvalue weighted by Gasteiger charge is 2.06. The largest absolute Gasteiger partial charge is 0.462 e. The topological polar surface area (TPSA) is 55.7 Å².